The van der Waals surface area contributed by atoms with E-state index in [-0.39, 0.29) is 11.7 Å². The Morgan fingerprint density at radius 3 is 2.88 bits per heavy atom. The number of carbonyl (C=O) groups excluding carboxylic acids is 1. The molecule has 0 saturated carbocycles. The normalized spacial score (nSPS) is 14.4. The molecular weight excluding hydrogens is 309 g/mol. The molecule has 0 saturated heterocycles. The summed E-state index contributed by atoms with van der Waals surface area (Å²) in [7, 11) is 0. The number of carbonyl (C=O) groups is 1. The van der Waals surface area contributed by atoms with Gasteiger partial charge in [-0.25, -0.2) is 0 Å². The van der Waals surface area contributed by atoms with Crippen molar-refractivity contribution in [3.05, 3.63) is 39.7 Å². The van der Waals surface area contributed by atoms with Crippen molar-refractivity contribution in [2.75, 3.05) is 18.5 Å². The van der Waals surface area contributed by atoms with E-state index in [4.69, 9.17) is 21.1 Å². The number of hydrogen-bond donors (Lipinski definition) is 1. The SMILES string of the molecule is O=C(Nc1ccc(Cl)cc1Br)C1=COCCO1. The van der Waals surface area contributed by atoms with E-state index in [0.29, 0.717) is 28.4 Å². The fourth-order valence-corrected chi connectivity index (χ4v) is 2.04. The number of anilines is 1. The molecule has 1 N–H and O–H groups in total. The molecule has 0 aliphatic carbocycles. The highest BCUT2D eigenvalue weighted by molar-refractivity contribution is 9.10. The zero-order valence-electron chi connectivity index (χ0n) is 8.70. The summed E-state index contributed by atoms with van der Waals surface area (Å²) in [5, 5.41) is 3.28. The molecule has 1 aromatic rings. The first-order valence-electron chi connectivity index (χ1n) is 4.88. The van der Waals surface area contributed by atoms with Crippen molar-refractivity contribution in [2.24, 2.45) is 0 Å². The summed E-state index contributed by atoms with van der Waals surface area (Å²) < 4.78 is 10.9. The molecule has 2 rings (SSSR count). The highest BCUT2D eigenvalue weighted by Crippen LogP contribution is 2.26. The fraction of sp³-hybridized carbons (Fsp3) is 0.182. The zero-order chi connectivity index (χ0) is 12.3. The predicted molar refractivity (Wildman–Crippen MR) is 67.8 cm³/mol. The first-order valence-corrected chi connectivity index (χ1v) is 6.05. The summed E-state index contributed by atoms with van der Waals surface area (Å²) in [6, 6.07) is 5.09. The lowest BCUT2D eigenvalue weighted by atomic mass is 10.3. The van der Waals surface area contributed by atoms with Gasteiger partial charge in [-0.2, -0.15) is 0 Å². The summed E-state index contributed by atoms with van der Waals surface area (Å²) in [6.07, 6.45) is 1.31. The van der Waals surface area contributed by atoms with Crippen LogP contribution < -0.4 is 5.32 Å². The third-order valence-electron chi connectivity index (χ3n) is 2.05. The summed E-state index contributed by atoms with van der Waals surface area (Å²) in [5.74, 6) is -0.189. The quantitative estimate of drug-likeness (QED) is 0.912. The maximum atomic E-state index is 11.8. The number of halogens is 2. The van der Waals surface area contributed by atoms with Crippen molar-refractivity contribution in [2.45, 2.75) is 0 Å². The molecule has 0 fully saturated rings. The van der Waals surface area contributed by atoms with Gasteiger partial charge in [0.2, 0.25) is 5.76 Å². The third-order valence-corrected chi connectivity index (χ3v) is 2.94. The lowest BCUT2D eigenvalue weighted by molar-refractivity contribution is -0.117. The summed E-state index contributed by atoms with van der Waals surface area (Å²) in [6.45, 7) is 0.836. The maximum absolute atomic E-state index is 11.8. The molecule has 0 spiro atoms. The molecule has 4 nitrogen and oxygen atoms in total. The Kier molecular flexibility index (Phi) is 3.91. The van der Waals surface area contributed by atoms with E-state index in [2.05, 4.69) is 21.2 Å². The Labute approximate surface area is 112 Å². The van der Waals surface area contributed by atoms with Crippen molar-refractivity contribution in [3.8, 4) is 0 Å². The van der Waals surface area contributed by atoms with Crippen LogP contribution in [-0.2, 0) is 14.3 Å². The molecule has 1 aliphatic rings. The molecule has 0 atom stereocenters. The van der Waals surface area contributed by atoms with Crippen molar-refractivity contribution < 1.29 is 14.3 Å². The predicted octanol–water partition coefficient (Wildman–Crippen LogP) is 2.93. The van der Waals surface area contributed by atoms with Gasteiger partial charge < -0.3 is 14.8 Å². The molecule has 0 aromatic heterocycles. The molecular formula is C11H9BrClNO3. The molecule has 90 valence electrons. The van der Waals surface area contributed by atoms with E-state index in [1.54, 1.807) is 18.2 Å². The topological polar surface area (TPSA) is 47.6 Å². The van der Waals surface area contributed by atoms with Crippen molar-refractivity contribution >= 4 is 39.1 Å². The maximum Gasteiger partial charge on any atom is 0.294 e. The minimum Gasteiger partial charge on any atom is -0.494 e. The van der Waals surface area contributed by atoms with Gasteiger partial charge in [0, 0.05) is 9.50 Å². The summed E-state index contributed by atoms with van der Waals surface area (Å²) in [5.41, 5.74) is 0.620. The molecule has 17 heavy (non-hydrogen) atoms. The van der Waals surface area contributed by atoms with Gasteiger partial charge in [0.15, 0.2) is 0 Å². The molecule has 1 aromatic carbocycles. The summed E-state index contributed by atoms with van der Waals surface area (Å²) in [4.78, 5) is 11.8. The van der Waals surface area contributed by atoms with E-state index in [0.717, 1.165) is 0 Å². The lowest BCUT2D eigenvalue weighted by Crippen LogP contribution is -2.21. The van der Waals surface area contributed by atoms with Gasteiger partial charge >= 0.3 is 0 Å². The monoisotopic (exact) mass is 317 g/mol. The van der Waals surface area contributed by atoms with Gasteiger partial charge in [-0.3, -0.25) is 4.79 Å². The van der Waals surface area contributed by atoms with Crippen LogP contribution in [0.3, 0.4) is 0 Å². The lowest BCUT2D eigenvalue weighted by Gasteiger charge is -2.15. The Morgan fingerprint density at radius 2 is 2.24 bits per heavy atom. The first-order chi connectivity index (χ1) is 8.16. The minimum atomic E-state index is -0.354. The van der Waals surface area contributed by atoms with Crippen LogP contribution in [0.15, 0.2) is 34.7 Å². The van der Waals surface area contributed by atoms with Crippen molar-refractivity contribution in [3.63, 3.8) is 0 Å². The molecule has 0 radical (unpaired) electrons. The first kappa shape index (κ1) is 12.3. The highest BCUT2D eigenvalue weighted by Gasteiger charge is 2.16. The van der Waals surface area contributed by atoms with Crippen LogP contribution in [-0.4, -0.2) is 19.1 Å². The van der Waals surface area contributed by atoms with Gasteiger partial charge in [-0.1, -0.05) is 11.6 Å². The summed E-state index contributed by atoms with van der Waals surface area (Å²) >= 11 is 9.11. The molecule has 0 bridgehead atoms. The van der Waals surface area contributed by atoms with E-state index in [1.165, 1.54) is 6.26 Å². The standard InChI is InChI=1S/C11H9BrClNO3/c12-8-5-7(13)1-2-9(8)14-11(15)10-6-16-3-4-17-10/h1-2,5-6H,3-4H2,(H,14,15). The smallest absolute Gasteiger partial charge is 0.294 e. The third kappa shape index (κ3) is 3.14. The van der Waals surface area contributed by atoms with Crippen LogP contribution in [0, 0.1) is 0 Å². The second-order valence-corrected chi connectivity index (χ2v) is 4.57. The van der Waals surface area contributed by atoms with Gasteiger partial charge in [0.05, 0.1) is 5.69 Å². The Hall–Kier alpha value is -1.20. The van der Waals surface area contributed by atoms with Gasteiger partial charge in [-0.15, -0.1) is 0 Å². The Balaban J connectivity index is 2.10. The number of rotatable bonds is 2. The average Bonchev–Trinajstić information content (AvgIpc) is 2.34. The number of benzene rings is 1. The van der Waals surface area contributed by atoms with Crippen molar-refractivity contribution in [1.82, 2.24) is 0 Å². The van der Waals surface area contributed by atoms with E-state index in [1.807, 2.05) is 0 Å². The van der Waals surface area contributed by atoms with Crippen molar-refractivity contribution in [1.29, 1.82) is 0 Å². The molecule has 0 unspecified atom stereocenters. The van der Waals surface area contributed by atoms with E-state index >= 15 is 0 Å². The second-order valence-electron chi connectivity index (χ2n) is 3.28. The molecule has 6 heteroatoms. The van der Waals surface area contributed by atoms with Crippen LogP contribution in [0.25, 0.3) is 0 Å². The van der Waals surface area contributed by atoms with Gasteiger partial charge in [0.1, 0.15) is 19.5 Å². The number of ether oxygens (including phenoxy) is 2. The molecule has 1 amide bonds. The van der Waals surface area contributed by atoms with E-state index < -0.39 is 0 Å². The van der Waals surface area contributed by atoms with E-state index in [9.17, 15) is 4.79 Å². The largest absolute Gasteiger partial charge is 0.494 e. The Bertz CT molecular complexity index is 476. The van der Waals surface area contributed by atoms with Gasteiger partial charge in [0.25, 0.3) is 5.91 Å². The van der Waals surface area contributed by atoms with Gasteiger partial charge in [-0.05, 0) is 34.1 Å². The number of nitrogens with one attached hydrogen (secondary N) is 1. The van der Waals surface area contributed by atoms with Crippen LogP contribution in [0.1, 0.15) is 0 Å². The van der Waals surface area contributed by atoms with Crippen LogP contribution in [0.4, 0.5) is 5.69 Å². The average molecular weight is 319 g/mol. The Morgan fingerprint density at radius 1 is 1.41 bits per heavy atom. The fourth-order valence-electron chi connectivity index (χ4n) is 1.26. The minimum absolute atomic E-state index is 0.165. The number of amides is 1. The molecule has 1 aliphatic heterocycles. The number of hydrogen-bond acceptors (Lipinski definition) is 3. The van der Waals surface area contributed by atoms with Crippen LogP contribution in [0.5, 0.6) is 0 Å². The van der Waals surface area contributed by atoms with Crippen LogP contribution >= 0.6 is 27.5 Å². The second kappa shape index (κ2) is 5.42. The zero-order valence-corrected chi connectivity index (χ0v) is 11.0. The molecule has 1 heterocycles. The highest BCUT2D eigenvalue weighted by atomic mass is 79.9. The van der Waals surface area contributed by atoms with Crippen LogP contribution in [0.2, 0.25) is 5.02 Å².